The number of amides is 1. The molecular weight excluding hydrogens is 386 g/mol. The molecule has 0 saturated carbocycles. The number of rotatable bonds is 6. The van der Waals surface area contributed by atoms with Crippen LogP contribution in [0.4, 0.5) is 22.9 Å². The summed E-state index contributed by atoms with van der Waals surface area (Å²) >= 11 is 0. The summed E-state index contributed by atoms with van der Waals surface area (Å²) in [4.78, 5) is 20.9. The van der Waals surface area contributed by atoms with Crippen molar-refractivity contribution in [1.82, 2.24) is 9.97 Å². The van der Waals surface area contributed by atoms with E-state index in [-0.39, 0.29) is 5.91 Å². The van der Waals surface area contributed by atoms with Gasteiger partial charge in [-0.15, -0.1) is 0 Å². The number of benzene rings is 3. The van der Waals surface area contributed by atoms with E-state index < -0.39 is 0 Å². The molecule has 0 aliphatic carbocycles. The van der Waals surface area contributed by atoms with E-state index in [1.54, 1.807) is 24.3 Å². The molecule has 0 aliphatic rings. The Balaban J connectivity index is 1.39. The van der Waals surface area contributed by atoms with Gasteiger partial charge in [-0.25, -0.2) is 9.97 Å². The van der Waals surface area contributed by atoms with Crippen molar-refractivity contribution in [3.8, 4) is 0 Å². The summed E-state index contributed by atoms with van der Waals surface area (Å²) in [6, 6.07) is 26.1. The summed E-state index contributed by atoms with van der Waals surface area (Å²) in [7, 11) is 0. The summed E-state index contributed by atoms with van der Waals surface area (Å²) in [5.41, 5.74) is 10.3. The van der Waals surface area contributed by atoms with E-state index in [0.29, 0.717) is 22.8 Å². The Morgan fingerprint density at radius 2 is 1.52 bits per heavy atom. The number of carbonyl (C=O) groups is 1. The third kappa shape index (κ3) is 5.55. The van der Waals surface area contributed by atoms with E-state index >= 15 is 0 Å². The predicted molar refractivity (Wildman–Crippen MR) is 126 cm³/mol. The molecule has 0 fully saturated rings. The topological polar surface area (TPSA) is 92.9 Å². The zero-order valence-electron chi connectivity index (χ0n) is 16.7. The minimum Gasteiger partial charge on any atom is -0.399 e. The Labute approximate surface area is 180 Å². The number of nitrogens with zero attached hydrogens (tertiary/aromatic N) is 2. The molecule has 152 valence electrons. The van der Waals surface area contributed by atoms with Gasteiger partial charge in [0.2, 0.25) is 0 Å². The molecule has 1 heterocycles. The van der Waals surface area contributed by atoms with Gasteiger partial charge in [0.15, 0.2) is 0 Å². The van der Waals surface area contributed by atoms with Gasteiger partial charge in [0.05, 0.1) is 5.69 Å². The summed E-state index contributed by atoms with van der Waals surface area (Å²) in [5, 5.41) is 6.12. The molecule has 0 radical (unpaired) electrons. The fourth-order valence-corrected chi connectivity index (χ4v) is 2.90. The number of hydrogen-bond donors (Lipinski definition) is 3. The first kappa shape index (κ1) is 19.8. The number of nitrogens with one attached hydrogen (secondary N) is 2. The highest BCUT2D eigenvalue weighted by Gasteiger charge is 2.06. The van der Waals surface area contributed by atoms with Gasteiger partial charge in [0.1, 0.15) is 12.1 Å². The molecule has 0 unspecified atom stereocenters. The average molecular weight is 407 g/mol. The first-order valence-electron chi connectivity index (χ1n) is 9.75. The molecule has 3 aromatic carbocycles. The lowest BCUT2D eigenvalue weighted by Gasteiger charge is -2.09. The van der Waals surface area contributed by atoms with E-state index in [0.717, 1.165) is 16.9 Å². The van der Waals surface area contributed by atoms with E-state index in [1.165, 1.54) is 6.33 Å². The first-order chi connectivity index (χ1) is 15.2. The van der Waals surface area contributed by atoms with Crippen LogP contribution in [0.1, 0.15) is 21.6 Å². The second kappa shape index (κ2) is 9.37. The lowest BCUT2D eigenvalue weighted by atomic mass is 10.2. The summed E-state index contributed by atoms with van der Waals surface area (Å²) in [5.74, 6) is 0.493. The Morgan fingerprint density at radius 3 is 2.26 bits per heavy atom. The predicted octanol–water partition coefficient (Wildman–Crippen LogP) is 5.23. The van der Waals surface area contributed by atoms with Crippen LogP contribution in [-0.2, 0) is 0 Å². The van der Waals surface area contributed by atoms with E-state index in [2.05, 4.69) is 20.6 Å². The Morgan fingerprint density at radius 1 is 0.806 bits per heavy atom. The molecule has 1 amide bonds. The number of hydrogen-bond acceptors (Lipinski definition) is 5. The highest BCUT2D eigenvalue weighted by molar-refractivity contribution is 6.04. The minimum absolute atomic E-state index is 0.189. The quantitative estimate of drug-likeness (QED) is 0.381. The van der Waals surface area contributed by atoms with Crippen molar-refractivity contribution in [3.05, 3.63) is 108 Å². The fourth-order valence-electron chi connectivity index (χ4n) is 2.90. The molecule has 4 N–H and O–H groups in total. The summed E-state index contributed by atoms with van der Waals surface area (Å²) < 4.78 is 0. The maximum Gasteiger partial charge on any atom is 0.255 e. The Bertz CT molecular complexity index is 1190. The number of nitrogen functional groups attached to an aromatic ring is 1. The molecule has 6 nitrogen and oxygen atoms in total. The van der Waals surface area contributed by atoms with Crippen molar-refractivity contribution < 1.29 is 4.79 Å². The maximum atomic E-state index is 12.3. The lowest BCUT2D eigenvalue weighted by Crippen LogP contribution is -2.11. The van der Waals surface area contributed by atoms with E-state index in [1.807, 2.05) is 72.8 Å². The van der Waals surface area contributed by atoms with Gasteiger partial charge in [0, 0.05) is 28.7 Å². The lowest BCUT2D eigenvalue weighted by molar-refractivity contribution is 0.102. The number of anilines is 4. The zero-order valence-corrected chi connectivity index (χ0v) is 16.7. The van der Waals surface area contributed by atoms with Crippen molar-refractivity contribution in [3.63, 3.8) is 0 Å². The van der Waals surface area contributed by atoms with Gasteiger partial charge >= 0.3 is 0 Å². The molecule has 31 heavy (non-hydrogen) atoms. The van der Waals surface area contributed by atoms with Crippen molar-refractivity contribution >= 4 is 40.9 Å². The summed E-state index contributed by atoms with van der Waals surface area (Å²) in [6.45, 7) is 0. The number of aromatic nitrogens is 2. The molecule has 0 aliphatic heterocycles. The molecule has 6 heteroatoms. The second-order valence-electron chi connectivity index (χ2n) is 6.85. The smallest absolute Gasteiger partial charge is 0.255 e. The van der Waals surface area contributed by atoms with E-state index in [4.69, 9.17) is 5.73 Å². The standard InChI is InChI=1S/C25H21N5O/c26-20-9-7-19(8-10-20)25(31)30-22-14-12-21(13-15-22)29-24-16-23(27-17-28-24)11-6-18-4-2-1-3-5-18/h1-17H,26H2,(H,30,31)(H,27,28,29)/b11-6+. The Kier molecular flexibility index (Phi) is 6.00. The first-order valence-corrected chi connectivity index (χ1v) is 9.75. The van der Waals surface area contributed by atoms with Crippen LogP contribution in [0.3, 0.4) is 0 Å². The van der Waals surface area contributed by atoms with Crippen LogP contribution in [0, 0.1) is 0 Å². The molecule has 0 spiro atoms. The van der Waals surface area contributed by atoms with Crippen molar-refractivity contribution in [2.24, 2.45) is 0 Å². The third-order valence-electron chi connectivity index (χ3n) is 4.52. The molecular formula is C25H21N5O. The van der Waals surface area contributed by atoms with Gasteiger partial charge in [-0.2, -0.15) is 0 Å². The number of carbonyl (C=O) groups excluding carboxylic acids is 1. The maximum absolute atomic E-state index is 12.3. The molecule has 0 atom stereocenters. The molecule has 0 saturated heterocycles. The monoisotopic (exact) mass is 407 g/mol. The van der Waals surface area contributed by atoms with Crippen LogP contribution in [0.5, 0.6) is 0 Å². The largest absolute Gasteiger partial charge is 0.399 e. The van der Waals surface area contributed by atoms with Gasteiger partial charge in [-0.05, 0) is 60.2 Å². The van der Waals surface area contributed by atoms with Gasteiger partial charge in [-0.1, -0.05) is 36.4 Å². The number of nitrogens with two attached hydrogens (primary N) is 1. The van der Waals surface area contributed by atoms with Gasteiger partial charge in [0.25, 0.3) is 5.91 Å². The van der Waals surface area contributed by atoms with Crippen LogP contribution in [-0.4, -0.2) is 15.9 Å². The second-order valence-corrected chi connectivity index (χ2v) is 6.85. The van der Waals surface area contributed by atoms with Crippen LogP contribution >= 0.6 is 0 Å². The SMILES string of the molecule is Nc1ccc(C(=O)Nc2ccc(Nc3cc(/C=C/c4ccccc4)ncn3)cc2)cc1. The highest BCUT2D eigenvalue weighted by atomic mass is 16.1. The van der Waals surface area contributed by atoms with Gasteiger partial charge in [-0.3, -0.25) is 4.79 Å². The highest BCUT2D eigenvalue weighted by Crippen LogP contribution is 2.19. The van der Waals surface area contributed by atoms with Crippen LogP contribution in [0.2, 0.25) is 0 Å². The molecule has 1 aromatic heterocycles. The zero-order chi connectivity index (χ0) is 21.5. The van der Waals surface area contributed by atoms with Crippen molar-refractivity contribution in [1.29, 1.82) is 0 Å². The Hall–Kier alpha value is -4.45. The van der Waals surface area contributed by atoms with Crippen LogP contribution < -0.4 is 16.4 Å². The molecule has 4 rings (SSSR count). The van der Waals surface area contributed by atoms with Crippen LogP contribution in [0.15, 0.2) is 91.3 Å². The normalized spacial score (nSPS) is 10.7. The van der Waals surface area contributed by atoms with Crippen LogP contribution in [0.25, 0.3) is 12.2 Å². The van der Waals surface area contributed by atoms with Crippen molar-refractivity contribution in [2.45, 2.75) is 0 Å². The molecule has 4 aromatic rings. The summed E-state index contributed by atoms with van der Waals surface area (Å²) in [6.07, 6.45) is 5.47. The molecule has 0 bridgehead atoms. The minimum atomic E-state index is -0.189. The third-order valence-corrected chi connectivity index (χ3v) is 4.52. The van der Waals surface area contributed by atoms with Crippen molar-refractivity contribution in [2.75, 3.05) is 16.4 Å². The van der Waals surface area contributed by atoms with Gasteiger partial charge < -0.3 is 16.4 Å². The fraction of sp³-hybridized carbons (Fsp3) is 0. The van der Waals surface area contributed by atoms with E-state index in [9.17, 15) is 4.79 Å². The average Bonchev–Trinajstić information content (AvgIpc) is 2.80.